The largest absolute Gasteiger partial charge is 0.370 e. The number of nitrogens with zero attached hydrogens (tertiary/aromatic N) is 2. The Balaban J connectivity index is 2.40. The minimum Gasteiger partial charge on any atom is -0.370 e. The molecule has 0 radical (unpaired) electrons. The van der Waals surface area contributed by atoms with Gasteiger partial charge in [-0.15, -0.1) is 11.3 Å². The molecule has 0 bridgehead atoms. The number of rotatable bonds is 14. The first-order valence-corrected chi connectivity index (χ1v) is 13.4. The lowest BCUT2D eigenvalue weighted by atomic mass is 9.99. The summed E-state index contributed by atoms with van der Waals surface area (Å²) in [6.07, 6.45) is 4.57. The van der Waals surface area contributed by atoms with E-state index < -0.39 is 41.2 Å². The topological polar surface area (TPSA) is 119 Å². The lowest BCUT2D eigenvalue weighted by Crippen LogP contribution is -2.55. The molecule has 3 amide bonds. The van der Waals surface area contributed by atoms with Crippen LogP contribution in [-0.4, -0.2) is 72.5 Å². The molecule has 1 heterocycles. The van der Waals surface area contributed by atoms with Gasteiger partial charge in [-0.05, 0) is 48.7 Å². The Hall–Kier alpha value is -3.34. The molecule has 0 spiro atoms. The van der Waals surface area contributed by atoms with Crippen molar-refractivity contribution in [3.05, 3.63) is 71.4 Å². The van der Waals surface area contributed by atoms with Crippen molar-refractivity contribution in [3.63, 3.8) is 0 Å². The second-order valence-corrected chi connectivity index (χ2v) is 11.1. The summed E-state index contributed by atoms with van der Waals surface area (Å²) in [5.74, 6) is -2.23. The molecule has 8 nitrogen and oxygen atoms in total. The summed E-state index contributed by atoms with van der Waals surface area (Å²) < 4.78 is 20.8. The molecule has 0 aliphatic heterocycles. The van der Waals surface area contributed by atoms with E-state index in [0.29, 0.717) is 0 Å². The standard InChI is InChI=1S/C29H39FN4O4S/c1-7-8-11-20(19(2)30)14-23(27(31)36)34(6)28(37)24(33(5)26(35)16-38-18-29(3,4)32)15-21-17-39-25-13-10-9-12-22(21)25/h7-13,17,23-24H,1,14-16,18,32H2,2-6H3,(H2,31,36)/b11-8-,20-19-/t23-,24-/m1/s1. The van der Waals surface area contributed by atoms with Gasteiger partial charge in [0, 0.05) is 37.2 Å². The molecule has 2 rings (SSSR count). The van der Waals surface area contributed by atoms with Crippen LogP contribution in [0.4, 0.5) is 4.39 Å². The van der Waals surface area contributed by atoms with E-state index in [0.717, 1.165) is 15.6 Å². The maximum absolute atomic E-state index is 14.2. The van der Waals surface area contributed by atoms with E-state index in [4.69, 9.17) is 16.2 Å². The fourth-order valence-electron chi connectivity index (χ4n) is 4.00. The summed E-state index contributed by atoms with van der Waals surface area (Å²) in [6, 6.07) is 5.66. The van der Waals surface area contributed by atoms with Crippen LogP contribution in [0.15, 0.2) is 65.9 Å². The smallest absolute Gasteiger partial charge is 0.249 e. The predicted octanol–water partition coefficient (Wildman–Crippen LogP) is 3.71. The normalized spacial score (nSPS) is 14.1. The number of halogens is 1. The average Bonchev–Trinajstić information content (AvgIpc) is 3.27. The number of amides is 3. The molecule has 0 saturated carbocycles. The molecule has 2 aromatic rings. The molecular formula is C29H39FN4O4S. The first kappa shape index (κ1) is 31.9. The third-order valence-corrected chi connectivity index (χ3v) is 7.27. The van der Waals surface area contributed by atoms with Crippen molar-refractivity contribution in [2.45, 2.75) is 51.2 Å². The number of carbonyl (C=O) groups excluding carboxylic acids is 3. The van der Waals surface area contributed by atoms with Gasteiger partial charge in [0.25, 0.3) is 0 Å². The second kappa shape index (κ2) is 14.2. The van der Waals surface area contributed by atoms with Gasteiger partial charge < -0.3 is 26.0 Å². The molecule has 10 heteroatoms. The van der Waals surface area contributed by atoms with Crippen LogP contribution in [0.3, 0.4) is 0 Å². The zero-order chi connectivity index (χ0) is 29.3. The van der Waals surface area contributed by atoms with Crippen molar-refractivity contribution in [1.29, 1.82) is 0 Å². The van der Waals surface area contributed by atoms with Gasteiger partial charge in [0.1, 0.15) is 24.5 Å². The van der Waals surface area contributed by atoms with Gasteiger partial charge in [0.05, 0.1) is 6.61 Å². The Kier molecular flexibility index (Phi) is 11.6. The van der Waals surface area contributed by atoms with Crippen LogP contribution in [0.1, 0.15) is 32.8 Å². The lowest BCUT2D eigenvalue weighted by molar-refractivity contribution is -0.149. The van der Waals surface area contributed by atoms with Crippen LogP contribution in [-0.2, 0) is 25.5 Å². The highest BCUT2D eigenvalue weighted by atomic mass is 32.1. The third kappa shape index (κ3) is 9.12. The molecule has 0 unspecified atom stereocenters. The van der Waals surface area contributed by atoms with Crippen molar-refractivity contribution in [1.82, 2.24) is 9.80 Å². The number of hydrogen-bond donors (Lipinski definition) is 2. The third-order valence-electron chi connectivity index (χ3n) is 6.25. The van der Waals surface area contributed by atoms with E-state index >= 15 is 0 Å². The van der Waals surface area contributed by atoms with Gasteiger partial charge in [-0.25, -0.2) is 4.39 Å². The van der Waals surface area contributed by atoms with Crippen molar-refractivity contribution in [2.75, 3.05) is 27.3 Å². The highest BCUT2D eigenvalue weighted by Gasteiger charge is 2.35. The Bertz CT molecular complexity index is 1240. The summed E-state index contributed by atoms with van der Waals surface area (Å²) in [6.45, 7) is 8.28. The van der Waals surface area contributed by atoms with Crippen LogP contribution < -0.4 is 11.5 Å². The fourth-order valence-corrected chi connectivity index (χ4v) is 4.97. The van der Waals surface area contributed by atoms with Crippen molar-refractivity contribution in [2.24, 2.45) is 11.5 Å². The monoisotopic (exact) mass is 558 g/mol. The number of thiophene rings is 1. The minimum absolute atomic E-state index is 0.134. The molecule has 0 aliphatic carbocycles. The predicted molar refractivity (Wildman–Crippen MR) is 155 cm³/mol. The highest BCUT2D eigenvalue weighted by Crippen LogP contribution is 2.28. The van der Waals surface area contributed by atoms with Crippen LogP contribution >= 0.6 is 11.3 Å². The maximum Gasteiger partial charge on any atom is 0.249 e. The van der Waals surface area contributed by atoms with Gasteiger partial charge in [0.15, 0.2) is 0 Å². The van der Waals surface area contributed by atoms with Gasteiger partial charge >= 0.3 is 0 Å². The van der Waals surface area contributed by atoms with E-state index in [1.165, 1.54) is 60.4 Å². The number of fused-ring (bicyclic) bond motifs is 1. The lowest BCUT2D eigenvalue weighted by Gasteiger charge is -2.34. The zero-order valence-electron chi connectivity index (χ0n) is 23.3. The number of nitrogens with two attached hydrogens (primary N) is 2. The first-order chi connectivity index (χ1) is 18.3. The SMILES string of the molecule is C=C/C=C\C(C[C@H](C(N)=O)N(C)C(=O)[C@@H](Cc1csc2ccccc12)N(C)C(=O)COCC(C)(C)N)=C(/C)F. The van der Waals surface area contributed by atoms with Crippen molar-refractivity contribution >= 4 is 39.1 Å². The molecule has 2 atom stereocenters. The Morgan fingerprint density at radius 3 is 2.44 bits per heavy atom. The van der Waals surface area contributed by atoms with Crippen LogP contribution in [0.2, 0.25) is 0 Å². The fraction of sp³-hybridized carbons (Fsp3) is 0.414. The van der Waals surface area contributed by atoms with Crippen molar-refractivity contribution in [3.8, 4) is 0 Å². The van der Waals surface area contributed by atoms with Crippen LogP contribution in [0.25, 0.3) is 10.1 Å². The van der Waals surface area contributed by atoms with E-state index in [-0.39, 0.29) is 31.6 Å². The van der Waals surface area contributed by atoms with Crippen LogP contribution in [0, 0.1) is 0 Å². The first-order valence-electron chi connectivity index (χ1n) is 12.5. The number of likely N-dealkylation sites (N-methyl/N-ethyl adjacent to an activating group) is 2. The van der Waals surface area contributed by atoms with Crippen molar-refractivity contribution < 1.29 is 23.5 Å². The number of benzene rings is 1. The number of primary amides is 1. The Labute approximate surface area is 233 Å². The minimum atomic E-state index is -1.15. The zero-order valence-corrected chi connectivity index (χ0v) is 24.1. The highest BCUT2D eigenvalue weighted by molar-refractivity contribution is 7.17. The summed E-state index contributed by atoms with van der Waals surface area (Å²) in [5, 5.41) is 2.93. The molecule has 4 N–H and O–H groups in total. The van der Waals surface area contributed by atoms with Gasteiger partial charge in [-0.2, -0.15) is 0 Å². The number of carbonyl (C=O) groups is 3. The van der Waals surface area contributed by atoms with Gasteiger partial charge in [-0.1, -0.05) is 43.0 Å². The molecule has 1 aromatic heterocycles. The van der Waals surface area contributed by atoms with E-state index in [2.05, 4.69) is 6.58 Å². The molecule has 1 aromatic carbocycles. The summed E-state index contributed by atoms with van der Waals surface area (Å²) in [5.41, 5.74) is 12.1. The van der Waals surface area contributed by atoms with Crippen LogP contribution in [0.5, 0.6) is 0 Å². The number of allylic oxidation sites excluding steroid dienone is 4. The molecule has 39 heavy (non-hydrogen) atoms. The second-order valence-electron chi connectivity index (χ2n) is 10.2. The van der Waals surface area contributed by atoms with Gasteiger partial charge in [0.2, 0.25) is 17.7 Å². The average molecular weight is 559 g/mol. The summed E-state index contributed by atoms with van der Waals surface area (Å²) in [4.78, 5) is 42.0. The molecule has 212 valence electrons. The summed E-state index contributed by atoms with van der Waals surface area (Å²) >= 11 is 1.54. The molecule has 0 saturated heterocycles. The molecular weight excluding hydrogens is 519 g/mol. The van der Waals surface area contributed by atoms with E-state index in [1.807, 2.05) is 29.6 Å². The quantitative estimate of drug-likeness (QED) is 0.343. The van der Waals surface area contributed by atoms with Gasteiger partial charge in [-0.3, -0.25) is 14.4 Å². The maximum atomic E-state index is 14.2. The molecule has 0 aliphatic rings. The van der Waals surface area contributed by atoms with E-state index in [1.54, 1.807) is 13.8 Å². The number of hydrogen-bond acceptors (Lipinski definition) is 6. The summed E-state index contributed by atoms with van der Waals surface area (Å²) in [7, 11) is 2.96. The Morgan fingerprint density at radius 2 is 1.85 bits per heavy atom. The Morgan fingerprint density at radius 1 is 1.18 bits per heavy atom. The number of ether oxygens (including phenoxy) is 1. The molecule has 0 fully saturated rings. The van der Waals surface area contributed by atoms with E-state index in [9.17, 15) is 18.8 Å².